The van der Waals surface area contributed by atoms with E-state index in [1.165, 1.54) is 25.3 Å². The second-order valence-corrected chi connectivity index (χ2v) is 11.2. The number of primary amides is 1. The van der Waals surface area contributed by atoms with Crippen LogP contribution >= 0.6 is 0 Å². The summed E-state index contributed by atoms with van der Waals surface area (Å²) in [6.07, 6.45) is 1.01. The third-order valence-electron chi connectivity index (χ3n) is 7.44. The van der Waals surface area contributed by atoms with Crippen molar-refractivity contribution in [3.63, 3.8) is 0 Å². The molecule has 10 nitrogen and oxygen atoms in total. The van der Waals surface area contributed by atoms with Gasteiger partial charge in [-0.1, -0.05) is 0 Å². The maximum absolute atomic E-state index is 15.0. The highest BCUT2D eigenvalue weighted by Gasteiger charge is 2.69. The molecular weight excluding hydrogens is 483 g/mol. The second kappa shape index (κ2) is 8.38. The van der Waals surface area contributed by atoms with Gasteiger partial charge in [0.2, 0.25) is 5.91 Å². The number of carbonyl (C=O) groups excluding carboxylic acids is 5. The normalized spacial score (nSPS) is 33.3. The lowest BCUT2D eigenvalue weighted by molar-refractivity contribution is -0.181. The molecule has 1 aromatic rings. The molecule has 3 aliphatic rings. The largest absolute Gasteiger partial charge is 0.507 e. The predicted octanol–water partition coefficient (Wildman–Crippen LogP) is -1.12. The minimum Gasteiger partial charge on any atom is -0.507 e. The van der Waals surface area contributed by atoms with Crippen LogP contribution in [0.15, 0.2) is 6.07 Å². The van der Waals surface area contributed by atoms with Gasteiger partial charge in [-0.3, -0.25) is 33.1 Å². The first kappa shape index (κ1) is 25.3. The average Bonchev–Trinajstić information content (AvgIpc) is 2.73. The SMILES string of the molecule is CN(C)[C@@H]1C(=O)C(C(N)=O)C(=O)C2(O)C(=O)C3C(=O)c4c(O)c(CS(C)=O)cc(F)c4CC3CC12. The Morgan fingerprint density at radius 2 is 1.89 bits per heavy atom. The van der Waals surface area contributed by atoms with Crippen LogP contribution in [0, 0.1) is 29.5 Å². The summed E-state index contributed by atoms with van der Waals surface area (Å²) in [7, 11) is 1.49. The van der Waals surface area contributed by atoms with Gasteiger partial charge in [0.1, 0.15) is 11.6 Å². The molecule has 0 saturated heterocycles. The van der Waals surface area contributed by atoms with Crippen LogP contribution < -0.4 is 5.73 Å². The summed E-state index contributed by atoms with van der Waals surface area (Å²) in [4.78, 5) is 66.6. The Morgan fingerprint density at radius 1 is 1.26 bits per heavy atom. The van der Waals surface area contributed by atoms with E-state index in [-0.39, 0.29) is 29.7 Å². The number of phenols is 1. The van der Waals surface area contributed by atoms with Crippen molar-refractivity contribution in [3.05, 3.63) is 28.6 Å². The number of aromatic hydroxyl groups is 1. The molecular formula is C23H25FN2O8S. The van der Waals surface area contributed by atoms with Gasteiger partial charge in [-0.15, -0.1) is 0 Å². The molecule has 35 heavy (non-hydrogen) atoms. The summed E-state index contributed by atoms with van der Waals surface area (Å²) in [5.41, 5.74) is 1.78. The van der Waals surface area contributed by atoms with E-state index < -0.39 is 92.3 Å². The molecule has 0 aromatic heterocycles. The van der Waals surface area contributed by atoms with Gasteiger partial charge in [0.05, 0.1) is 23.3 Å². The molecule has 0 spiro atoms. The van der Waals surface area contributed by atoms with Crippen molar-refractivity contribution in [1.82, 2.24) is 4.90 Å². The first-order chi connectivity index (χ1) is 16.2. The zero-order valence-corrected chi connectivity index (χ0v) is 20.1. The van der Waals surface area contributed by atoms with E-state index in [0.29, 0.717) is 0 Å². The highest BCUT2D eigenvalue weighted by molar-refractivity contribution is 7.83. The Balaban J connectivity index is 1.87. The standard InChI is InChI=1S/C23H25FN2O8S/c1-26(2)16-11-5-8-4-10-12(24)6-9(7-35(3)34)17(27)14(10)18(28)13(8)20(30)23(11,33)21(31)15(19(16)29)22(25)32/h6,8,11,13,15-16,27,33H,4-5,7H2,1-3H3,(H2,25,32)/t8?,11?,13?,15?,16-,23?,35?/m0/s1. The van der Waals surface area contributed by atoms with E-state index in [1.807, 2.05) is 0 Å². The molecule has 0 heterocycles. The monoisotopic (exact) mass is 508 g/mol. The Hall–Kier alpha value is -2.83. The van der Waals surface area contributed by atoms with Crippen molar-refractivity contribution in [2.45, 2.75) is 30.2 Å². The zero-order chi connectivity index (χ0) is 26.1. The van der Waals surface area contributed by atoms with E-state index in [1.54, 1.807) is 0 Å². The molecule has 2 fully saturated rings. The first-order valence-electron chi connectivity index (χ1n) is 10.9. The van der Waals surface area contributed by atoms with E-state index in [0.717, 1.165) is 6.07 Å². The lowest BCUT2D eigenvalue weighted by atomic mass is 9.52. The van der Waals surface area contributed by atoms with Crippen molar-refractivity contribution in [2.24, 2.45) is 29.4 Å². The number of fused-ring (bicyclic) bond motifs is 3. The second-order valence-electron chi connectivity index (χ2n) is 9.73. The van der Waals surface area contributed by atoms with Crippen LogP contribution in [0.4, 0.5) is 4.39 Å². The summed E-state index contributed by atoms with van der Waals surface area (Å²) in [6.45, 7) is 0. The lowest BCUT2D eigenvalue weighted by Gasteiger charge is -2.52. The molecule has 2 saturated carbocycles. The van der Waals surface area contributed by atoms with Gasteiger partial charge < -0.3 is 15.9 Å². The summed E-state index contributed by atoms with van der Waals surface area (Å²) >= 11 is 0. The number of benzene rings is 1. The van der Waals surface area contributed by atoms with Gasteiger partial charge >= 0.3 is 0 Å². The van der Waals surface area contributed by atoms with Crippen molar-refractivity contribution >= 4 is 39.8 Å². The highest BCUT2D eigenvalue weighted by Crippen LogP contribution is 2.51. The molecule has 12 heteroatoms. The number of phenolic OH excluding ortho intramolecular Hbond substituents is 1. The van der Waals surface area contributed by atoms with E-state index in [9.17, 15) is 38.4 Å². The molecule has 7 atom stereocenters. The molecule has 0 aliphatic heterocycles. The first-order valence-corrected chi connectivity index (χ1v) is 12.6. The molecule has 0 bridgehead atoms. The highest BCUT2D eigenvalue weighted by atomic mass is 32.2. The fourth-order valence-electron chi connectivity index (χ4n) is 6.01. The summed E-state index contributed by atoms with van der Waals surface area (Å²) in [5, 5.41) is 22.2. The maximum atomic E-state index is 15.0. The number of hydrogen-bond acceptors (Lipinski definition) is 9. The number of nitrogens with zero attached hydrogens (tertiary/aromatic N) is 1. The number of rotatable bonds is 4. The quantitative estimate of drug-likeness (QED) is 0.426. The maximum Gasteiger partial charge on any atom is 0.235 e. The molecule has 4 N–H and O–H groups in total. The number of nitrogens with two attached hydrogens (primary N) is 1. The third-order valence-corrected chi connectivity index (χ3v) is 8.16. The number of aliphatic hydroxyl groups is 1. The van der Waals surface area contributed by atoms with E-state index in [4.69, 9.17) is 5.73 Å². The molecule has 3 aliphatic carbocycles. The smallest absolute Gasteiger partial charge is 0.235 e. The number of Topliss-reactive ketones (excluding diaryl/α,β-unsaturated/α-hetero) is 4. The Kier molecular flexibility index (Phi) is 6.05. The van der Waals surface area contributed by atoms with Crippen molar-refractivity contribution < 1.29 is 42.8 Å². The summed E-state index contributed by atoms with van der Waals surface area (Å²) < 4.78 is 26.6. The number of hydrogen-bond donors (Lipinski definition) is 3. The Labute approximate surface area is 202 Å². The molecule has 6 unspecified atom stereocenters. The number of amides is 1. The third kappa shape index (κ3) is 3.49. The van der Waals surface area contributed by atoms with Gasteiger partial charge in [0.25, 0.3) is 0 Å². The molecule has 188 valence electrons. The summed E-state index contributed by atoms with van der Waals surface area (Å²) in [6, 6.07) is -0.227. The number of halogens is 1. The van der Waals surface area contributed by atoms with Crippen LogP contribution in [-0.4, -0.2) is 80.4 Å². The molecule has 4 rings (SSSR count). The zero-order valence-electron chi connectivity index (χ0n) is 19.2. The Morgan fingerprint density at radius 3 is 2.43 bits per heavy atom. The number of carbonyl (C=O) groups is 5. The number of likely N-dealkylation sites (N-methyl/N-ethyl adjacent to an activating group) is 1. The van der Waals surface area contributed by atoms with Crippen LogP contribution in [0.5, 0.6) is 5.75 Å². The lowest BCUT2D eigenvalue weighted by Crippen LogP contribution is -2.74. The van der Waals surface area contributed by atoms with Crippen LogP contribution in [0.1, 0.15) is 27.9 Å². The van der Waals surface area contributed by atoms with Gasteiger partial charge in [-0.25, -0.2) is 4.39 Å². The van der Waals surface area contributed by atoms with Crippen molar-refractivity contribution in [2.75, 3.05) is 20.4 Å². The predicted molar refractivity (Wildman–Crippen MR) is 119 cm³/mol. The van der Waals surface area contributed by atoms with Crippen LogP contribution in [0.2, 0.25) is 0 Å². The van der Waals surface area contributed by atoms with Crippen molar-refractivity contribution in [3.8, 4) is 5.75 Å². The average molecular weight is 509 g/mol. The van der Waals surface area contributed by atoms with Crippen molar-refractivity contribution in [1.29, 1.82) is 0 Å². The molecule has 1 amide bonds. The number of ketones is 4. The molecule has 0 radical (unpaired) electrons. The van der Waals surface area contributed by atoms with E-state index >= 15 is 4.39 Å². The Bertz CT molecular complexity index is 1230. The van der Waals surface area contributed by atoms with Crippen LogP contribution in [0.3, 0.4) is 0 Å². The minimum absolute atomic E-state index is 0.0745. The van der Waals surface area contributed by atoms with Gasteiger partial charge in [0, 0.05) is 34.1 Å². The van der Waals surface area contributed by atoms with Gasteiger partial charge in [-0.05, 0) is 38.9 Å². The summed E-state index contributed by atoms with van der Waals surface area (Å²) in [5.74, 6) is -13.2. The van der Waals surface area contributed by atoms with Crippen LogP contribution in [0.25, 0.3) is 0 Å². The van der Waals surface area contributed by atoms with Crippen LogP contribution in [-0.2, 0) is 42.2 Å². The fourth-order valence-corrected chi connectivity index (χ4v) is 6.67. The fraction of sp³-hybridized carbons (Fsp3) is 0.522. The van der Waals surface area contributed by atoms with Gasteiger partial charge in [-0.2, -0.15) is 0 Å². The van der Waals surface area contributed by atoms with Gasteiger partial charge in [0.15, 0.2) is 34.7 Å². The molecule has 1 aromatic carbocycles. The minimum atomic E-state index is -2.84. The van der Waals surface area contributed by atoms with E-state index in [2.05, 4.69) is 0 Å². The topological polar surface area (TPSA) is 172 Å².